The molecule has 2 atom stereocenters. The van der Waals surface area contributed by atoms with Crippen LogP contribution in [0.2, 0.25) is 0 Å². The molecule has 0 saturated heterocycles. The van der Waals surface area contributed by atoms with Gasteiger partial charge in [-0.05, 0) is 69.2 Å². The van der Waals surface area contributed by atoms with E-state index in [-0.39, 0.29) is 29.1 Å². The first-order chi connectivity index (χ1) is 18.4. The number of rotatable bonds is 11. The summed E-state index contributed by atoms with van der Waals surface area (Å²) in [4.78, 5) is 28.2. The van der Waals surface area contributed by atoms with Gasteiger partial charge in [0.1, 0.15) is 18.4 Å². The van der Waals surface area contributed by atoms with Crippen LogP contribution in [0.3, 0.4) is 0 Å². The van der Waals surface area contributed by atoms with Gasteiger partial charge >= 0.3 is 0 Å². The smallest absolute Gasteiger partial charge is 0.264 e. The summed E-state index contributed by atoms with van der Waals surface area (Å²) >= 11 is 3.39. The van der Waals surface area contributed by atoms with E-state index >= 15 is 0 Å². The second kappa shape index (κ2) is 13.2. The number of carbonyl (C=O) groups is 2. The first-order valence-corrected chi connectivity index (χ1v) is 14.9. The van der Waals surface area contributed by atoms with Crippen molar-refractivity contribution in [2.45, 2.75) is 57.6 Å². The largest absolute Gasteiger partial charge is 0.352 e. The highest BCUT2D eigenvalue weighted by Crippen LogP contribution is 2.27. The minimum absolute atomic E-state index is 0.0525. The normalized spacial score (nSPS) is 12.9. The van der Waals surface area contributed by atoms with Crippen LogP contribution in [0.4, 0.5) is 10.1 Å². The van der Waals surface area contributed by atoms with Crippen LogP contribution in [0.25, 0.3) is 0 Å². The number of hydrogen-bond acceptors (Lipinski definition) is 4. The summed E-state index contributed by atoms with van der Waals surface area (Å²) < 4.78 is 44.1. The zero-order chi connectivity index (χ0) is 28.7. The second-order valence-electron chi connectivity index (χ2n) is 9.42. The summed E-state index contributed by atoms with van der Waals surface area (Å²) in [5.74, 6) is -1.81. The van der Waals surface area contributed by atoms with E-state index < -0.39 is 34.3 Å². The third-order valence-corrected chi connectivity index (χ3v) is 8.75. The van der Waals surface area contributed by atoms with Crippen molar-refractivity contribution in [3.63, 3.8) is 0 Å². The summed E-state index contributed by atoms with van der Waals surface area (Å²) in [5, 5.41) is 2.88. The molecule has 0 saturated carbocycles. The van der Waals surface area contributed by atoms with Gasteiger partial charge in [0.25, 0.3) is 10.0 Å². The number of amides is 2. The van der Waals surface area contributed by atoms with E-state index in [4.69, 9.17) is 0 Å². The molecule has 3 aromatic rings. The molecule has 2 unspecified atom stereocenters. The molecule has 39 heavy (non-hydrogen) atoms. The third-order valence-electron chi connectivity index (χ3n) is 6.44. The number of nitrogens with zero attached hydrogens (tertiary/aromatic N) is 2. The zero-order valence-corrected chi connectivity index (χ0v) is 24.8. The Balaban J connectivity index is 2.03. The molecule has 0 spiro atoms. The number of benzene rings is 3. The van der Waals surface area contributed by atoms with Crippen molar-refractivity contribution in [2.75, 3.05) is 10.8 Å². The fraction of sp³-hybridized carbons (Fsp3) is 0.310. The average molecular weight is 619 g/mol. The topological polar surface area (TPSA) is 86.8 Å². The summed E-state index contributed by atoms with van der Waals surface area (Å²) in [6.45, 7) is 6.56. The van der Waals surface area contributed by atoms with Crippen LogP contribution in [-0.4, -0.2) is 43.8 Å². The maximum absolute atomic E-state index is 15.0. The van der Waals surface area contributed by atoms with Gasteiger partial charge in [-0.25, -0.2) is 12.8 Å². The van der Waals surface area contributed by atoms with E-state index in [1.807, 2.05) is 32.9 Å². The molecule has 0 aliphatic rings. The minimum Gasteiger partial charge on any atom is -0.352 e. The number of para-hydroxylation sites is 1. The van der Waals surface area contributed by atoms with E-state index in [0.29, 0.717) is 6.42 Å². The van der Waals surface area contributed by atoms with E-state index in [1.54, 1.807) is 31.2 Å². The van der Waals surface area contributed by atoms with Gasteiger partial charge in [-0.2, -0.15) is 0 Å². The Morgan fingerprint density at radius 3 is 2.18 bits per heavy atom. The van der Waals surface area contributed by atoms with Crippen molar-refractivity contribution >= 4 is 43.5 Å². The van der Waals surface area contributed by atoms with Gasteiger partial charge in [-0.3, -0.25) is 13.9 Å². The summed E-state index contributed by atoms with van der Waals surface area (Å²) in [7, 11) is -4.33. The highest BCUT2D eigenvalue weighted by molar-refractivity contribution is 9.10. The van der Waals surface area contributed by atoms with Gasteiger partial charge in [0.15, 0.2) is 0 Å². The molecule has 0 aliphatic carbocycles. The van der Waals surface area contributed by atoms with Crippen LogP contribution in [0.5, 0.6) is 0 Å². The van der Waals surface area contributed by atoms with Crippen molar-refractivity contribution in [1.29, 1.82) is 0 Å². The Bertz CT molecular complexity index is 1400. The lowest BCUT2D eigenvalue weighted by Crippen LogP contribution is -2.52. The third kappa shape index (κ3) is 7.67. The molecule has 0 aromatic heterocycles. The maximum Gasteiger partial charge on any atom is 0.264 e. The molecular weight excluding hydrogens is 585 g/mol. The predicted octanol–water partition coefficient (Wildman–Crippen LogP) is 5.42. The summed E-state index contributed by atoms with van der Waals surface area (Å²) in [6.07, 6.45) is 0.703. The Morgan fingerprint density at radius 2 is 1.59 bits per heavy atom. The molecule has 10 heteroatoms. The van der Waals surface area contributed by atoms with E-state index in [2.05, 4.69) is 21.2 Å². The zero-order valence-electron chi connectivity index (χ0n) is 22.4. The fourth-order valence-corrected chi connectivity index (χ4v) is 5.53. The van der Waals surface area contributed by atoms with Crippen LogP contribution in [-0.2, 0) is 26.2 Å². The van der Waals surface area contributed by atoms with Crippen molar-refractivity contribution in [3.8, 4) is 0 Å². The fourth-order valence-electron chi connectivity index (χ4n) is 3.84. The van der Waals surface area contributed by atoms with E-state index in [1.165, 1.54) is 35.2 Å². The average Bonchev–Trinajstić information content (AvgIpc) is 2.91. The predicted molar refractivity (Wildman–Crippen MR) is 154 cm³/mol. The number of anilines is 1. The number of nitrogens with one attached hydrogen (secondary N) is 1. The number of aryl methyl sites for hydroxylation is 1. The van der Waals surface area contributed by atoms with Gasteiger partial charge in [-0.15, -0.1) is 0 Å². The summed E-state index contributed by atoms with van der Waals surface area (Å²) in [5.41, 5.74) is 1.34. The Kier molecular flexibility index (Phi) is 10.3. The molecule has 3 aromatic carbocycles. The molecule has 2 amide bonds. The molecular formula is C29H33BrFN3O4S. The summed E-state index contributed by atoms with van der Waals surface area (Å²) in [6, 6.07) is 17.7. The van der Waals surface area contributed by atoms with Crippen LogP contribution >= 0.6 is 15.9 Å². The molecule has 0 heterocycles. The second-order valence-corrected chi connectivity index (χ2v) is 12.2. The van der Waals surface area contributed by atoms with Crippen molar-refractivity contribution in [3.05, 3.63) is 94.2 Å². The van der Waals surface area contributed by atoms with Crippen molar-refractivity contribution < 1.29 is 22.4 Å². The Labute approximate surface area is 238 Å². The van der Waals surface area contributed by atoms with E-state index in [9.17, 15) is 22.4 Å². The molecule has 0 bridgehead atoms. The number of sulfonamides is 1. The maximum atomic E-state index is 15.0. The van der Waals surface area contributed by atoms with Crippen molar-refractivity contribution in [2.24, 2.45) is 0 Å². The molecule has 0 fully saturated rings. The lowest BCUT2D eigenvalue weighted by molar-refractivity contribution is -0.139. The molecule has 0 radical (unpaired) electrons. The number of hydrogen-bond donors (Lipinski definition) is 1. The first kappa shape index (κ1) is 30.3. The minimum atomic E-state index is -4.33. The number of carbonyl (C=O) groups excluding carboxylic acids is 2. The molecule has 1 N–H and O–H groups in total. The Morgan fingerprint density at radius 1 is 0.974 bits per heavy atom. The first-order valence-electron chi connectivity index (χ1n) is 12.6. The SMILES string of the molecule is CCC(C)NC(=O)C(C)N(Cc1ccc(Br)cc1)C(=O)CN(c1ccccc1F)S(=O)(=O)c1ccc(C)cc1. The van der Waals surface area contributed by atoms with Crippen LogP contribution in [0.1, 0.15) is 38.3 Å². The quantitative estimate of drug-likeness (QED) is 0.311. The highest BCUT2D eigenvalue weighted by Gasteiger charge is 2.33. The van der Waals surface area contributed by atoms with Crippen LogP contribution in [0.15, 0.2) is 82.2 Å². The van der Waals surface area contributed by atoms with Gasteiger partial charge in [-0.1, -0.05) is 64.8 Å². The van der Waals surface area contributed by atoms with Crippen molar-refractivity contribution in [1.82, 2.24) is 10.2 Å². The lowest BCUT2D eigenvalue weighted by atomic mass is 10.1. The molecule has 208 valence electrons. The van der Waals surface area contributed by atoms with Gasteiger partial charge in [0.2, 0.25) is 11.8 Å². The van der Waals surface area contributed by atoms with Gasteiger partial charge in [0, 0.05) is 17.1 Å². The van der Waals surface area contributed by atoms with Crippen LogP contribution in [0, 0.1) is 12.7 Å². The number of halogens is 2. The lowest BCUT2D eigenvalue weighted by Gasteiger charge is -2.32. The van der Waals surface area contributed by atoms with Gasteiger partial charge in [0.05, 0.1) is 10.6 Å². The highest BCUT2D eigenvalue weighted by atomic mass is 79.9. The van der Waals surface area contributed by atoms with Crippen LogP contribution < -0.4 is 9.62 Å². The standard InChI is InChI=1S/C29H33BrFN3O4S/c1-5-21(3)32-29(36)22(4)33(18-23-12-14-24(30)15-13-23)28(35)19-34(27-9-7-6-8-26(27)31)39(37,38)25-16-10-20(2)11-17-25/h6-17,21-22H,5,18-19H2,1-4H3,(H,32,36). The molecule has 3 rings (SSSR count). The van der Waals surface area contributed by atoms with Gasteiger partial charge < -0.3 is 10.2 Å². The monoisotopic (exact) mass is 617 g/mol. The molecule has 7 nitrogen and oxygen atoms in total. The van der Waals surface area contributed by atoms with E-state index in [0.717, 1.165) is 26.0 Å². The molecule has 0 aliphatic heterocycles. The Hall–Kier alpha value is -3.24.